The molecule has 0 atom stereocenters. The predicted molar refractivity (Wildman–Crippen MR) is 165 cm³/mol. The summed E-state index contributed by atoms with van der Waals surface area (Å²) in [5.74, 6) is 1.64. The second-order valence-corrected chi connectivity index (χ2v) is 11.3. The van der Waals surface area contributed by atoms with Crippen molar-refractivity contribution in [2.45, 2.75) is 26.8 Å². The van der Waals surface area contributed by atoms with E-state index in [0.717, 1.165) is 60.5 Å². The van der Waals surface area contributed by atoms with E-state index in [0.29, 0.717) is 28.6 Å². The van der Waals surface area contributed by atoms with Crippen LogP contribution in [0.5, 0.6) is 11.6 Å². The van der Waals surface area contributed by atoms with Gasteiger partial charge in [-0.2, -0.15) is 4.98 Å². The van der Waals surface area contributed by atoms with Gasteiger partial charge >= 0.3 is 0 Å². The Morgan fingerprint density at radius 2 is 1.64 bits per heavy atom. The van der Waals surface area contributed by atoms with Crippen molar-refractivity contribution in [3.8, 4) is 23.0 Å². The number of fused-ring (bicyclic) bond motifs is 1. The highest BCUT2D eigenvalue weighted by atomic mass is 16.5. The van der Waals surface area contributed by atoms with Gasteiger partial charge in [-0.3, -0.25) is 9.69 Å². The maximum Gasteiger partial charge on any atom is 0.251 e. The summed E-state index contributed by atoms with van der Waals surface area (Å²) in [5.41, 5.74) is 7.30. The van der Waals surface area contributed by atoms with Crippen molar-refractivity contribution >= 4 is 16.9 Å². The van der Waals surface area contributed by atoms with Crippen molar-refractivity contribution in [2.24, 2.45) is 7.05 Å². The summed E-state index contributed by atoms with van der Waals surface area (Å²) >= 11 is 0. The highest BCUT2D eigenvalue weighted by molar-refractivity contribution is 5.98. The third-order valence-electron chi connectivity index (χ3n) is 8.10. The summed E-state index contributed by atoms with van der Waals surface area (Å²) in [6.07, 6.45) is 2.00. The number of aromatic nitrogens is 4. The van der Waals surface area contributed by atoms with Gasteiger partial charge in [0.25, 0.3) is 5.88 Å². The second kappa shape index (κ2) is 11.8. The first-order valence-electron chi connectivity index (χ1n) is 14.4. The van der Waals surface area contributed by atoms with E-state index in [9.17, 15) is 4.79 Å². The molecular formula is C34H36N6O2. The number of carbonyl (C=O) groups is 1. The molecule has 42 heavy (non-hydrogen) atoms. The average Bonchev–Trinajstić information content (AvgIpc) is 3.38. The Bertz CT molecular complexity index is 1740. The van der Waals surface area contributed by atoms with Gasteiger partial charge in [0.15, 0.2) is 22.8 Å². The number of piperazine rings is 1. The number of aryl methyl sites for hydroxylation is 3. The number of Topliss-reactive ketones (excluding diaryl/α,β-unsaturated/α-hetero) is 1. The fraction of sp³-hybridized carbons (Fsp3) is 0.294. The van der Waals surface area contributed by atoms with Crippen LogP contribution in [0.2, 0.25) is 0 Å². The van der Waals surface area contributed by atoms with Gasteiger partial charge in [-0.05, 0) is 61.3 Å². The van der Waals surface area contributed by atoms with E-state index in [-0.39, 0.29) is 12.2 Å². The number of nitrogens with zero attached hydrogens (tertiary/aromatic N) is 6. The zero-order valence-electron chi connectivity index (χ0n) is 24.7. The van der Waals surface area contributed by atoms with Gasteiger partial charge in [0.1, 0.15) is 5.75 Å². The number of imidazole rings is 1. The molecule has 1 saturated heterocycles. The summed E-state index contributed by atoms with van der Waals surface area (Å²) < 4.78 is 8.17. The molecule has 3 aromatic carbocycles. The number of hydrogen-bond donors (Lipinski definition) is 0. The van der Waals surface area contributed by atoms with E-state index in [2.05, 4.69) is 34.8 Å². The van der Waals surface area contributed by atoms with Crippen molar-refractivity contribution in [2.75, 3.05) is 33.2 Å². The predicted octanol–water partition coefficient (Wildman–Crippen LogP) is 5.61. The number of ether oxygens (including phenoxy) is 1. The molecule has 8 heteroatoms. The van der Waals surface area contributed by atoms with Crippen molar-refractivity contribution in [1.82, 2.24) is 29.3 Å². The second-order valence-electron chi connectivity index (χ2n) is 11.3. The van der Waals surface area contributed by atoms with E-state index in [1.54, 1.807) is 6.33 Å². The maximum atomic E-state index is 13.4. The van der Waals surface area contributed by atoms with E-state index in [4.69, 9.17) is 14.7 Å². The molecule has 1 fully saturated rings. The lowest BCUT2D eigenvalue weighted by molar-refractivity contribution is 0.0992. The first-order valence-corrected chi connectivity index (χ1v) is 14.4. The Balaban J connectivity index is 1.21. The van der Waals surface area contributed by atoms with Gasteiger partial charge in [-0.1, -0.05) is 48.5 Å². The molecule has 0 saturated carbocycles. The van der Waals surface area contributed by atoms with Crippen molar-refractivity contribution in [1.29, 1.82) is 0 Å². The van der Waals surface area contributed by atoms with Crippen molar-refractivity contribution in [3.05, 3.63) is 101 Å². The van der Waals surface area contributed by atoms with E-state index < -0.39 is 0 Å². The lowest BCUT2D eigenvalue weighted by atomic mass is 9.96. The molecule has 8 nitrogen and oxygen atoms in total. The fourth-order valence-electron chi connectivity index (χ4n) is 5.35. The zero-order valence-corrected chi connectivity index (χ0v) is 24.7. The summed E-state index contributed by atoms with van der Waals surface area (Å²) in [4.78, 5) is 32.2. The minimum atomic E-state index is 0.0880. The van der Waals surface area contributed by atoms with Crippen LogP contribution in [0.15, 0.2) is 73.1 Å². The number of hydrogen-bond acceptors (Lipinski definition) is 7. The first kappa shape index (κ1) is 27.8. The van der Waals surface area contributed by atoms with Crippen LogP contribution in [0.25, 0.3) is 22.6 Å². The van der Waals surface area contributed by atoms with E-state index in [1.165, 1.54) is 5.56 Å². The quantitative estimate of drug-likeness (QED) is 0.228. The Hall–Kier alpha value is -4.40. The van der Waals surface area contributed by atoms with Crippen LogP contribution in [0, 0.1) is 13.8 Å². The standard InChI is InChI=1S/C34H36N6O2/c1-23-10-13-29(42-34-31-33(39(4)22-35-31)36-32(37-34)25-8-6-5-7-9-25)19-28(23)20-30(41)26-11-12-27(24(2)18-26)21-40-16-14-38(3)15-17-40/h5-13,18-19,22H,14-17,20-21H2,1-4H3. The van der Waals surface area contributed by atoms with Crippen LogP contribution in [0.1, 0.15) is 32.6 Å². The molecule has 0 bridgehead atoms. The molecule has 0 N–H and O–H groups in total. The number of carbonyl (C=O) groups excluding carboxylic acids is 1. The molecule has 0 amide bonds. The lowest BCUT2D eigenvalue weighted by Crippen LogP contribution is -2.43. The highest BCUT2D eigenvalue weighted by Gasteiger charge is 2.18. The van der Waals surface area contributed by atoms with Gasteiger partial charge in [0.05, 0.1) is 6.33 Å². The number of likely N-dealkylation sites (N-methyl/N-ethyl adjacent to an activating group) is 1. The molecule has 0 spiro atoms. The third-order valence-corrected chi connectivity index (χ3v) is 8.10. The maximum absolute atomic E-state index is 13.4. The number of benzene rings is 3. The summed E-state index contributed by atoms with van der Waals surface area (Å²) in [7, 11) is 4.07. The van der Waals surface area contributed by atoms with Crippen LogP contribution in [-0.4, -0.2) is 68.3 Å². The topological polar surface area (TPSA) is 76.4 Å². The summed E-state index contributed by atoms with van der Waals surface area (Å²) in [5, 5.41) is 0. The molecule has 1 aliphatic rings. The fourth-order valence-corrected chi connectivity index (χ4v) is 5.35. The molecule has 1 aliphatic heterocycles. The first-order chi connectivity index (χ1) is 20.3. The monoisotopic (exact) mass is 560 g/mol. The van der Waals surface area contributed by atoms with Crippen LogP contribution < -0.4 is 4.74 Å². The molecule has 3 heterocycles. The van der Waals surface area contributed by atoms with Crippen LogP contribution in [0.4, 0.5) is 0 Å². The van der Waals surface area contributed by atoms with Gasteiger partial charge in [0.2, 0.25) is 0 Å². The van der Waals surface area contributed by atoms with Gasteiger partial charge in [-0.25, -0.2) is 9.97 Å². The average molecular weight is 561 g/mol. The molecule has 5 aromatic rings. The molecule has 0 radical (unpaired) electrons. The summed E-state index contributed by atoms with van der Waals surface area (Å²) in [6, 6.07) is 21.8. The smallest absolute Gasteiger partial charge is 0.251 e. The largest absolute Gasteiger partial charge is 0.437 e. The third kappa shape index (κ3) is 5.95. The Labute approximate surface area is 246 Å². The van der Waals surface area contributed by atoms with Crippen LogP contribution in [0.3, 0.4) is 0 Å². The molecule has 0 aliphatic carbocycles. The Morgan fingerprint density at radius 1 is 0.857 bits per heavy atom. The van der Waals surface area contributed by atoms with Crippen molar-refractivity contribution in [3.63, 3.8) is 0 Å². The minimum absolute atomic E-state index is 0.0880. The summed E-state index contributed by atoms with van der Waals surface area (Å²) in [6.45, 7) is 9.38. The van der Waals surface area contributed by atoms with Crippen LogP contribution in [-0.2, 0) is 20.0 Å². The van der Waals surface area contributed by atoms with E-state index >= 15 is 0 Å². The normalized spacial score (nSPS) is 14.4. The van der Waals surface area contributed by atoms with Crippen LogP contribution >= 0.6 is 0 Å². The minimum Gasteiger partial charge on any atom is -0.437 e. The SMILES string of the molecule is Cc1ccc(Oc2nc(-c3ccccc3)nc3c2ncn3C)cc1CC(=O)c1ccc(CN2CCN(C)CC2)c(C)c1. The van der Waals surface area contributed by atoms with Crippen molar-refractivity contribution < 1.29 is 9.53 Å². The zero-order chi connectivity index (χ0) is 29.2. The molecular weight excluding hydrogens is 524 g/mol. The lowest BCUT2D eigenvalue weighted by Gasteiger charge is -2.32. The van der Waals surface area contributed by atoms with Gasteiger partial charge in [0, 0.05) is 57.3 Å². The number of ketones is 1. The molecule has 214 valence electrons. The van der Waals surface area contributed by atoms with Gasteiger partial charge < -0.3 is 14.2 Å². The molecule has 6 rings (SSSR count). The van der Waals surface area contributed by atoms with E-state index in [1.807, 2.05) is 79.2 Å². The highest BCUT2D eigenvalue weighted by Crippen LogP contribution is 2.30. The number of rotatable bonds is 8. The molecule has 0 unspecified atom stereocenters. The Morgan fingerprint density at radius 3 is 2.40 bits per heavy atom. The Kier molecular flexibility index (Phi) is 7.82. The molecule has 2 aromatic heterocycles. The van der Waals surface area contributed by atoms with Gasteiger partial charge in [-0.15, -0.1) is 0 Å².